The fraction of sp³-hybridized carbons (Fsp3) is 0.125. The van der Waals surface area contributed by atoms with Crippen LogP contribution in [0.3, 0.4) is 0 Å². The zero-order valence-corrected chi connectivity index (χ0v) is 17.6. The molecular formula is C24H19Cl2NO2. The van der Waals surface area contributed by atoms with Gasteiger partial charge < -0.3 is 9.15 Å². The molecule has 3 nitrogen and oxygen atoms in total. The van der Waals surface area contributed by atoms with Crippen LogP contribution in [0.1, 0.15) is 12.5 Å². The molecule has 0 fully saturated rings. The van der Waals surface area contributed by atoms with E-state index in [1.807, 2.05) is 55.5 Å². The van der Waals surface area contributed by atoms with E-state index in [9.17, 15) is 0 Å². The predicted molar refractivity (Wildman–Crippen MR) is 119 cm³/mol. The summed E-state index contributed by atoms with van der Waals surface area (Å²) in [6.07, 6.45) is 0. The first kappa shape index (κ1) is 19.6. The average molecular weight is 424 g/mol. The maximum Gasteiger partial charge on any atom is 0.137 e. The van der Waals surface area contributed by atoms with Crippen molar-refractivity contribution in [3.63, 3.8) is 0 Å². The van der Waals surface area contributed by atoms with Crippen LogP contribution in [0.25, 0.3) is 22.3 Å². The van der Waals surface area contributed by atoms with Gasteiger partial charge in [-0.3, -0.25) is 0 Å². The third-order valence-corrected chi connectivity index (χ3v) is 5.34. The standard InChI is InChI=1S/C24H19Cl2NO2/c1-3-28-17-11-12-22-18(13-17)21(27-20-6-4-5-19(25)24(20)26)14-23(29-22)16-9-7-15(2)8-10-16/h4-14H,3H2,1-2H3. The van der Waals surface area contributed by atoms with Crippen LogP contribution in [0.15, 0.2) is 76.1 Å². The normalized spacial score (nSPS) is 11.8. The molecule has 29 heavy (non-hydrogen) atoms. The van der Waals surface area contributed by atoms with E-state index in [4.69, 9.17) is 37.3 Å². The molecule has 1 aromatic heterocycles. The Hall–Kier alpha value is -2.75. The van der Waals surface area contributed by atoms with E-state index in [-0.39, 0.29) is 0 Å². The largest absolute Gasteiger partial charge is 0.494 e. The van der Waals surface area contributed by atoms with Crippen LogP contribution in [-0.4, -0.2) is 6.61 Å². The van der Waals surface area contributed by atoms with Gasteiger partial charge in [0.05, 0.1) is 27.7 Å². The molecule has 146 valence electrons. The topological polar surface area (TPSA) is 34.7 Å². The first-order valence-electron chi connectivity index (χ1n) is 9.31. The molecule has 5 heteroatoms. The van der Waals surface area contributed by atoms with Gasteiger partial charge >= 0.3 is 0 Å². The maximum absolute atomic E-state index is 6.38. The van der Waals surface area contributed by atoms with E-state index in [1.54, 1.807) is 6.07 Å². The quantitative estimate of drug-likeness (QED) is 0.343. The molecule has 3 aromatic carbocycles. The maximum atomic E-state index is 6.38. The van der Waals surface area contributed by atoms with Gasteiger partial charge in [0.1, 0.15) is 17.1 Å². The summed E-state index contributed by atoms with van der Waals surface area (Å²) in [5.74, 6) is 1.48. The lowest BCUT2D eigenvalue weighted by atomic mass is 10.1. The molecule has 0 radical (unpaired) electrons. The smallest absolute Gasteiger partial charge is 0.137 e. The summed E-state index contributed by atoms with van der Waals surface area (Å²) >= 11 is 12.6. The Bertz CT molecular complexity index is 1240. The van der Waals surface area contributed by atoms with Crippen LogP contribution in [-0.2, 0) is 0 Å². The lowest BCUT2D eigenvalue weighted by Gasteiger charge is -2.08. The molecule has 0 aliphatic rings. The predicted octanol–water partition coefficient (Wildman–Crippen LogP) is 7.35. The number of hydrogen-bond acceptors (Lipinski definition) is 3. The minimum absolute atomic E-state index is 0.418. The van der Waals surface area contributed by atoms with Crippen LogP contribution in [0.5, 0.6) is 5.75 Å². The number of halogens is 2. The summed E-state index contributed by atoms with van der Waals surface area (Å²) in [5.41, 5.74) is 3.47. The van der Waals surface area contributed by atoms with Crippen LogP contribution >= 0.6 is 23.2 Å². The van der Waals surface area contributed by atoms with Crippen molar-refractivity contribution >= 4 is 39.9 Å². The molecule has 0 amide bonds. The molecular weight excluding hydrogens is 405 g/mol. The molecule has 0 spiro atoms. The lowest BCUT2D eigenvalue weighted by molar-refractivity contribution is 0.340. The number of benzene rings is 3. The van der Waals surface area contributed by atoms with Gasteiger partial charge in [-0.05, 0) is 44.2 Å². The molecule has 4 aromatic rings. The van der Waals surface area contributed by atoms with Crippen molar-refractivity contribution in [3.8, 4) is 17.1 Å². The van der Waals surface area contributed by atoms with Crippen molar-refractivity contribution in [2.45, 2.75) is 13.8 Å². The second-order valence-corrected chi connectivity index (χ2v) is 7.42. The molecule has 0 N–H and O–H groups in total. The highest BCUT2D eigenvalue weighted by Gasteiger charge is 2.09. The Morgan fingerprint density at radius 3 is 2.52 bits per heavy atom. The van der Waals surface area contributed by atoms with E-state index in [1.165, 1.54) is 5.56 Å². The minimum Gasteiger partial charge on any atom is -0.494 e. The van der Waals surface area contributed by atoms with Gasteiger partial charge in [-0.25, -0.2) is 4.99 Å². The van der Waals surface area contributed by atoms with Gasteiger partial charge in [0.25, 0.3) is 0 Å². The van der Waals surface area contributed by atoms with Crippen LogP contribution < -0.4 is 10.1 Å². The second-order valence-electron chi connectivity index (χ2n) is 6.64. The summed E-state index contributed by atoms with van der Waals surface area (Å²) in [6, 6.07) is 21.2. The minimum atomic E-state index is 0.418. The third kappa shape index (κ3) is 4.16. The lowest BCUT2D eigenvalue weighted by Crippen LogP contribution is -2.04. The van der Waals surface area contributed by atoms with E-state index < -0.39 is 0 Å². The number of nitrogens with zero attached hydrogens (tertiary/aromatic N) is 1. The number of rotatable bonds is 4. The van der Waals surface area contributed by atoms with Gasteiger partial charge in [-0.1, -0.05) is 59.1 Å². The zero-order chi connectivity index (χ0) is 20.4. The number of hydrogen-bond donors (Lipinski definition) is 0. The van der Waals surface area contributed by atoms with Gasteiger partial charge in [0.2, 0.25) is 0 Å². The van der Waals surface area contributed by atoms with Gasteiger partial charge in [-0.15, -0.1) is 0 Å². The van der Waals surface area contributed by atoms with Crippen molar-refractivity contribution < 1.29 is 9.15 Å². The fourth-order valence-electron chi connectivity index (χ4n) is 3.07. The van der Waals surface area contributed by atoms with Crippen molar-refractivity contribution in [2.24, 2.45) is 4.99 Å². The Kier molecular flexibility index (Phi) is 5.61. The summed E-state index contributed by atoms with van der Waals surface area (Å²) in [6.45, 7) is 4.58. The highest BCUT2D eigenvalue weighted by Crippen LogP contribution is 2.32. The monoisotopic (exact) mass is 423 g/mol. The van der Waals surface area contributed by atoms with Gasteiger partial charge in [0.15, 0.2) is 0 Å². The highest BCUT2D eigenvalue weighted by atomic mass is 35.5. The second kappa shape index (κ2) is 8.32. The zero-order valence-electron chi connectivity index (χ0n) is 16.1. The Balaban J connectivity index is 2.00. The van der Waals surface area contributed by atoms with E-state index >= 15 is 0 Å². The van der Waals surface area contributed by atoms with Crippen LogP contribution in [0.4, 0.5) is 5.69 Å². The molecule has 0 aliphatic heterocycles. The van der Waals surface area contributed by atoms with E-state index in [0.717, 1.165) is 27.8 Å². The Morgan fingerprint density at radius 1 is 0.966 bits per heavy atom. The SMILES string of the molecule is CCOc1ccc2oc(-c3ccc(C)cc3)cc(=Nc3cccc(Cl)c3Cl)c2c1. The molecule has 0 saturated carbocycles. The first-order chi connectivity index (χ1) is 14.0. The van der Waals surface area contributed by atoms with Crippen molar-refractivity contribution in [3.05, 3.63) is 87.7 Å². The summed E-state index contributed by atoms with van der Waals surface area (Å²) < 4.78 is 11.8. The first-order valence-corrected chi connectivity index (χ1v) is 10.1. The fourth-order valence-corrected chi connectivity index (χ4v) is 3.40. The van der Waals surface area contributed by atoms with Gasteiger partial charge in [0, 0.05) is 17.0 Å². The number of fused-ring (bicyclic) bond motifs is 1. The summed E-state index contributed by atoms with van der Waals surface area (Å²) in [5, 5.41) is 2.45. The number of ether oxygens (including phenoxy) is 1. The van der Waals surface area contributed by atoms with Crippen molar-refractivity contribution in [1.82, 2.24) is 0 Å². The Morgan fingerprint density at radius 2 is 1.76 bits per heavy atom. The molecule has 0 saturated heterocycles. The number of aryl methyl sites for hydroxylation is 1. The summed E-state index contributed by atoms with van der Waals surface area (Å²) in [7, 11) is 0. The van der Waals surface area contributed by atoms with Gasteiger partial charge in [-0.2, -0.15) is 0 Å². The van der Waals surface area contributed by atoms with Crippen molar-refractivity contribution in [2.75, 3.05) is 6.61 Å². The van der Waals surface area contributed by atoms with E-state index in [0.29, 0.717) is 27.9 Å². The Labute approximate surface area is 179 Å². The molecule has 0 atom stereocenters. The van der Waals surface area contributed by atoms with Crippen LogP contribution in [0.2, 0.25) is 10.0 Å². The van der Waals surface area contributed by atoms with Crippen LogP contribution in [0, 0.1) is 6.92 Å². The van der Waals surface area contributed by atoms with E-state index in [2.05, 4.69) is 19.1 Å². The molecule has 4 rings (SSSR count). The molecule has 0 unspecified atom stereocenters. The third-order valence-electron chi connectivity index (χ3n) is 4.53. The molecule has 0 aliphatic carbocycles. The molecule has 1 heterocycles. The average Bonchev–Trinajstić information content (AvgIpc) is 2.72. The van der Waals surface area contributed by atoms with Crippen molar-refractivity contribution in [1.29, 1.82) is 0 Å². The molecule has 0 bridgehead atoms. The highest BCUT2D eigenvalue weighted by molar-refractivity contribution is 6.43. The summed E-state index contributed by atoms with van der Waals surface area (Å²) in [4.78, 5) is 4.80.